The number of aliphatic hydroxyl groups is 1. The van der Waals surface area contributed by atoms with E-state index in [0.717, 1.165) is 25.7 Å². The van der Waals surface area contributed by atoms with E-state index in [-0.39, 0.29) is 24.8 Å². The fourth-order valence-corrected chi connectivity index (χ4v) is 3.88. The lowest BCUT2D eigenvalue weighted by atomic mass is 9.75. The molecule has 0 aromatic carbocycles. The highest BCUT2D eigenvalue weighted by Gasteiger charge is 2.61. The molecule has 7 heteroatoms. The Morgan fingerprint density at radius 2 is 1.83 bits per heavy atom. The summed E-state index contributed by atoms with van der Waals surface area (Å²) in [5, 5.41) is 12.0. The lowest BCUT2D eigenvalue weighted by Crippen LogP contribution is -2.62. The first-order chi connectivity index (χ1) is 10.8. The van der Waals surface area contributed by atoms with Crippen molar-refractivity contribution in [3.63, 3.8) is 0 Å². The minimum absolute atomic E-state index is 0.0831. The van der Waals surface area contributed by atoms with Crippen molar-refractivity contribution in [2.45, 2.75) is 81.4 Å². The van der Waals surface area contributed by atoms with Crippen LogP contribution in [-0.2, 0) is 9.59 Å². The average Bonchev–Trinajstić information content (AvgIpc) is 2.86. The van der Waals surface area contributed by atoms with Crippen LogP contribution in [0.1, 0.15) is 57.8 Å². The van der Waals surface area contributed by atoms with Crippen molar-refractivity contribution in [3.8, 4) is 0 Å². The number of carbonyl (C=O) groups excluding carboxylic acids is 2. The molecule has 130 valence electrons. The van der Waals surface area contributed by atoms with Gasteiger partial charge in [-0.1, -0.05) is 19.3 Å². The summed E-state index contributed by atoms with van der Waals surface area (Å²) in [5.74, 6) is -5.63. The molecule has 0 radical (unpaired) electrons. The van der Waals surface area contributed by atoms with Crippen molar-refractivity contribution in [1.82, 2.24) is 10.2 Å². The Labute approximate surface area is 134 Å². The molecule has 0 spiro atoms. The number of carbonyl (C=O) groups is 2. The third-order valence-electron chi connectivity index (χ3n) is 5.61. The molecule has 1 heterocycles. The summed E-state index contributed by atoms with van der Waals surface area (Å²) < 4.78 is 28.2. The van der Waals surface area contributed by atoms with E-state index in [1.165, 1.54) is 6.42 Å². The van der Waals surface area contributed by atoms with Crippen molar-refractivity contribution in [1.29, 1.82) is 0 Å². The third kappa shape index (κ3) is 2.84. The molecule has 1 aliphatic heterocycles. The van der Waals surface area contributed by atoms with Crippen LogP contribution in [-0.4, -0.2) is 52.0 Å². The number of hydrogen-bond donors (Lipinski definition) is 2. The summed E-state index contributed by atoms with van der Waals surface area (Å²) in [6.07, 6.45) is 5.90. The van der Waals surface area contributed by atoms with Gasteiger partial charge in [0, 0.05) is 12.6 Å². The van der Waals surface area contributed by atoms with Crippen molar-refractivity contribution in [3.05, 3.63) is 0 Å². The van der Waals surface area contributed by atoms with Gasteiger partial charge in [-0.3, -0.25) is 9.59 Å². The first kappa shape index (κ1) is 16.6. The first-order valence-electron chi connectivity index (χ1n) is 8.57. The fraction of sp³-hybridized carbons (Fsp3) is 0.875. The van der Waals surface area contributed by atoms with Gasteiger partial charge in [0.1, 0.15) is 11.6 Å². The summed E-state index contributed by atoms with van der Waals surface area (Å²) in [6.45, 7) is 0.504. The van der Waals surface area contributed by atoms with E-state index in [1.54, 1.807) is 4.90 Å². The van der Waals surface area contributed by atoms with Gasteiger partial charge in [0.05, 0.1) is 0 Å². The van der Waals surface area contributed by atoms with E-state index >= 15 is 0 Å². The molecule has 2 aliphatic carbocycles. The SMILES string of the molecule is O=C1C(NC(=O)C(F)(F)C2(O)CCC2)CCN1C1CCCCC1. The second-order valence-electron chi connectivity index (χ2n) is 7.10. The van der Waals surface area contributed by atoms with Gasteiger partial charge in [-0.15, -0.1) is 0 Å². The average molecular weight is 330 g/mol. The van der Waals surface area contributed by atoms with E-state index in [4.69, 9.17) is 0 Å². The van der Waals surface area contributed by atoms with E-state index in [2.05, 4.69) is 5.32 Å². The van der Waals surface area contributed by atoms with E-state index in [1.807, 2.05) is 0 Å². The normalized spacial score (nSPS) is 28.6. The van der Waals surface area contributed by atoms with E-state index in [0.29, 0.717) is 19.4 Å². The van der Waals surface area contributed by atoms with Gasteiger partial charge in [-0.25, -0.2) is 0 Å². The predicted octanol–water partition coefficient (Wildman–Crippen LogP) is 1.59. The van der Waals surface area contributed by atoms with Crippen LogP contribution >= 0.6 is 0 Å². The van der Waals surface area contributed by atoms with Gasteiger partial charge in [0.25, 0.3) is 5.91 Å². The molecule has 0 aromatic heterocycles. The van der Waals surface area contributed by atoms with Crippen LogP contribution in [0, 0.1) is 0 Å². The monoisotopic (exact) mass is 330 g/mol. The summed E-state index contributed by atoms with van der Waals surface area (Å²) in [6, 6.07) is -0.714. The molecule has 2 N–H and O–H groups in total. The topological polar surface area (TPSA) is 69.6 Å². The van der Waals surface area contributed by atoms with Gasteiger partial charge in [0.15, 0.2) is 0 Å². The number of amides is 2. The quantitative estimate of drug-likeness (QED) is 0.822. The van der Waals surface area contributed by atoms with Gasteiger partial charge in [-0.2, -0.15) is 8.78 Å². The van der Waals surface area contributed by atoms with Crippen LogP contribution < -0.4 is 5.32 Å². The molecule has 3 rings (SSSR count). The van der Waals surface area contributed by atoms with Gasteiger partial charge in [0.2, 0.25) is 5.91 Å². The van der Waals surface area contributed by atoms with Crippen molar-refractivity contribution in [2.75, 3.05) is 6.54 Å². The molecule has 1 saturated heterocycles. The van der Waals surface area contributed by atoms with Gasteiger partial charge >= 0.3 is 5.92 Å². The Kier molecular flexibility index (Phi) is 4.33. The molecular formula is C16H24F2N2O3. The van der Waals surface area contributed by atoms with Crippen LogP contribution in [0.5, 0.6) is 0 Å². The minimum atomic E-state index is -3.84. The van der Waals surface area contributed by atoms with Crippen molar-refractivity contribution >= 4 is 11.8 Å². The smallest absolute Gasteiger partial charge is 0.352 e. The first-order valence-corrected chi connectivity index (χ1v) is 8.57. The van der Waals surface area contributed by atoms with Crippen LogP contribution in [0.15, 0.2) is 0 Å². The number of nitrogens with one attached hydrogen (secondary N) is 1. The zero-order valence-corrected chi connectivity index (χ0v) is 13.2. The fourth-order valence-electron chi connectivity index (χ4n) is 3.88. The zero-order valence-electron chi connectivity index (χ0n) is 13.2. The Hall–Kier alpha value is -1.24. The van der Waals surface area contributed by atoms with Crippen LogP contribution in [0.4, 0.5) is 8.78 Å². The van der Waals surface area contributed by atoms with Gasteiger partial charge in [-0.05, 0) is 38.5 Å². The highest BCUT2D eigenvalue weighted by molar-refractivity contribution is 5.92. The molecule has 1 atom stereocenters. The zero-order chi connectivity index (χ0) is 16.7. The van der Waals surface area contributed by atoms with E-state index in [9.17, 15) is 23.5 Å². The number of hydrogen-bond acceptors (Lipinski definition) is 3. The summed E-state index contributed by atoms with van der Waals surface area (Å²) in [5.41, 5.74) is -2.25. The van der Waals surface area contributed by atoms with E-state index < -0.39 is 23.5 Å². The number of likely N-dealkylation sites (tertiary alicyclic amines) is 1. The summed E-state index contributed by atoms with van der Waals surface area (Å²) >= 11 is 0. The molecule has 2 saturated carbocycles. The Morgan fingerprint density at radius 1 is 1.17 bits per heavy atom. The Morgan fingerprint density at radius 3 is 2.39 bits per heavy atom. The van der Waals surface area contributed by atoms with Crippen LogP contribution in [0.25, 0.3) is 0 Å². The second-order valence-corrected chi connectivity index (χ2v) is 7.10. The molecule has 23 heavy (non-hydrogen) atoms. The molecule has 3 aliphatic rings. The summed E-state index contributed by atoms with van der Waals surface area (Å²) in [4.78, 5) is 26.0. The standard InChI is InChI=1S/C16H24F2N2O3/c17-16(18,15(23)8-4-9-15)14(22)19-12-7-10-20(13(12)21)11-5-2-1-3-6-11/h11-12,23H,1-10H2,(H,19,22). The minimum Gasteiger partial charge on any atom is -0.383 e. The number of alkyl halides is 2. The van der Waals surface area contributed by atoms with Crippen LogP contribution in [0.2, 0.25) is 0 Å². The maximum absolute atomic E-state index is 14.1. The maximum Gasteiger partial charge on any atom is 0.352 e. The number of halogens is 2. The summed E-state index contributed by atoms with van der Waals surface area (Å²) in [7, 11) is 0. The van der Waals surface area contributed by atoms with Gasteiger partial charge < -0.3 is 15.3 Å². The second kappa shape index (κ2) is 6.00. The lowest BCUT2D eigenvalue weighted by molar-refractivity contribution is -0.216. The molecule has 2 amide bonds. The highest BCUT2D eigenvalue weighted by atomic mass is 19.3. The van der Waals surface area contributed by atoms with Crippen LogP contribution in [0.3, 0.4) is 0 Å². The van der Waals surface area contributed by atoms with Crippen molar-refractivity contribution in [2.24, 2.45) is 0 Å². The molecule has 0 bridgehead atoms. The number of nitrogens with zero attached hydrogens (tertiary/aromatic N) is 1. The predicted molar refractivity (Wildman–Crippen MR) is 78.9 cm³/mol. The largest absolute Gasteiger partial charge is 0.383 e. The molecule has 3 fully saturated rings. The molecule has 0 aromatic rings. The Balaban J connectivity index is 1.60. The molecule has 1 unspecified atom stereocenters. The number of rotatable bonds is 4. The Bertz CT molecular complexity index is 488. The lowest BCUT2D eigenvalue weighted by Gasteiger charge is -2.41. The molecule has 5 nitrogen and oxygen atoms in total. The maximum atomic E-state index is 14.1. The molecular weight excluding hydrogens is 306 g/mol. The highest BCUT2D eigenvalue weighted by Crippen LogP contribution is 2.44. The van der Waals surface area contributed by atoms with Crippen molar-refractivity contribution < 1.29 is 23.5 Å². The third-order valence-corrected chi connectivity index (χ3v) is 5.61.